The van der Waals surface area contributed by atoms with E-state index in [1.807, 2.05) is 24.3 Å². The Morgan fingerprint density at radius 2 is 1.85 bits per heavy atom. The number of nitrogens with zero attached hydrogens (tertiary/aromatic N) is 3. The number of amides is 1. The molecule has 0 saturated carbocycles. The lowest BCUT2D eigenvalue weighted by Crippen LogP contribution is -2.30. The first-order chi connectivity index (χ1) is 12.6. The number of carbonyl (C=O) groups is 1. The summed E-state index contributed by atoms with van der Waals surface area (Å²) in [6.07, 6.45) is 1.58. The molecule has 2 aromatic carbocycles. The number of aromatic nitrogens is 3. The molecule has 0 aliphatic carbocycles. The molecule has 0 bridgehead atoms. The van der Waals surface area contributed by atoms with Crippen molar-refractivity contribution in [2.24, 2.45) is 7.05 Å². The van der Waals surface area contributed by atoms with E-state index in [2.05, 4.69) is 10.4 Å². The van der Waals surface area contributed by atoms with Crippen molar-refractivity contribution in [2.45, 2.75) is 6.54 Å². The molecule has 0 fully saturated rings. The van der Waals surface area contributed by atoms with Crippen molar-refractivity contribution in [2.75, 3.05) is 5.32 Å². The highest BCUT2D eigenvalue weighted by molar-refractivity contribution is 6.07. The Balaban J connectivity index is 1.71. The minimum absolute atomic E-state index is 0.0660. The normalized spacial score (nSPS) is 11.2. The fraction of sp³-hybridized carbons (Fsp3) is 0.105. The predicted molar refractivity (Wildman–Crippen MR) is 97.5 cm³/mol. The largest absolute Gasteiger partial charge is 0.339 e. The third kappa shape index (κ3) is 2.54. The second-order valence-corrected chi connectivity index (χ2v) is 5.97. The Bertz CT molecular complexity index is 1210. The summed E-state index contributed by atoms with van der Waals surface area (Å²) in [7, 11) is 1.80. The second-order valence-electron chi connectivity index (χ2n) is 5.97. The van der Waals surface area contributed by atoms with Gasteiger partial charge in [0, 0.05) is 23.3 Å². The molecular weight excluding hydrogens is 335 g/mol. The third-order valence-electron chi connectivity index (χ3n) is 4.35. The van der Waals surface area contributed by atoms with Crippen molar-refractivity contribution < 1.29 is 9.18 Å². The zero-order valence-corrected chi connectivity index (χ0v) is 13.9. The zero-order valence-electron chi connectivity index (χ0n) is 13.9. The van der Waals surface area contributed by atoms with Gasteiger partial charge in [-0.3, -0.25) is 9.59 Å². The van der Waals surface area contributed by atoms with Gasteiger partial charge in [-0.2, -0.15) is 5.10 Å². The molecule has 130 valence electrons. The molecule has 4 rings (SSSR count). The standard InChI is InChI=1S/C19H15FN4O2/c1-23-16-9-5-2-6-12(16)13-10-21-24(19(26)18(13)23)11-17(25)22-15-8-4-3-7-14(15)20/h2-10H,11H2,1H3,(H,22,25). The Labute approximate surface area is 147 Å². The summed E-state index contributed by atoms with van der Waals surface area (Å²) < 4.78 is 16.5. The summed E-state index contributed by atoms with van der Waals surface area (Å²) in [6.45, 7) is -0.301. The summed E-state index contributed by atoms with van der Waals surface area (Å²) in [5, 5.41) is 8.23. The number of fused-ring (bicyclic) bond motifs is 3. The topological polar surface area (TPSA) is 68.9 Å². The van der Waals surface area contributed by atoms with Crippen molar-refractivity contribution in [3.05, 3.63) is 70.9 Å². The molecule has 7 heteroatoms. The van der Waals surface area contributed by atoms with Crippen LogP contribution < -0.4 is 10.9 Å². The zero-order chi connectivity index (χ0) is 18.3. The Morgan fingerprint density at radius 1 is 1.12 bits per heavy atom. The number of nitrogens with one attached hydrogen (secondary N) is 1. The van der Waals surface area contributed by atoms with Gasteiger partial charge in [-0.1, -0.05) is 30.3 Å². The van der Waals surface area contributed by atoms with Gasteiger partial charge in [0.2, 0.25) is 5.91 Å². The number of rotatable bonds is 3. The van der Waals surface area contributed by atoms with Gasteiger partial charge in [0.25, 0.3) is 5.56 Å². The van der Waals surface area contributed by atoms with Gasteiger partial charge >= 0.3 is 0 Å². The van der Waals surface area contributed by atoms with Crippen LogP contribution in [0.25, 0.3) is 21.8 Å². The predicted octanol–water partition coefficient (Wildman–Crippen LogP) is 2.67. The molecule has 2 aromatic heterocycles. The van der Waals surface area contributed by atoms with E-state index in [-0.39, 0.29) is 17.8 Å². The van der Waals surface area contributed by atoms with Crippen molar-refractivity contribution in [3.63, 3.8) is 0 Å². The van der Waals surface area contributed by atoms with Gasteiger partial charge in [0.15, 0.2) is 0 Å². The Morgan fingerprint density at radius 3 is 2.65 bits per heavy atom. The van der Waals surface area contributed by atoms with E-state index in [4.69, 9.17) is 0 Å². The SMILES string of the molecule is Cn1c2ccccc2c2cnn(CC(=O)Nc3ccccc3F)c(=O)c21. The fourth-order valence-corrected chi connectivity index (χ4v) is 3.11. The van der Waals surface area contributed by atoms with Gasteiger partial charge in [-0.25, -0.2) is 9.07 Å². The lowest BCUT2D eigenvalue weighted by atomic mass is 10.2. The van der Waals surface area contributed by atoms with Crippen molar-refractivity contribution >= 4 is 33.4 Å². The Hall–Kier alpha value is -3.48. The van der Waals surface area contributed by atoms with E-state index in [1.54, 1.807) is 23.9 Å². The second kappa shape index (κ2) is 6.11. The highest BCUT2D eigenvalue weighted by atomic mass is 19.1. The van der Waals surface area contributed by atoms with Gasteiger partial charge in [-0.15, -0.1) is 0 Å². The molecule has 0 aliphatic heterocycles. The molecule has 0 radical (unpaired) electrons. The number of halogens is 1. The van der Waals surface area contributed by atoms with Crippen LogP contribution in [0.5, 0.6) is 0 Å². The summed E-state index contributed by atoms with van der Waals surface area (Å²) in [5.74, 6) is -1.06. The smallest absolute Gasteiger partial charge is 0.291 e. The van der Waals surface area contributed by atoms with Crippen molar-refractivity contribution in [1.29, 1.82) is 0 Å². The maximum absolute atomic E-state index is 13.6. The highest BCUT2D eigenvalue weighted by Crippen LogP contribution is 2.24. The maximum atomic E-state index is 13.6. The van der Waals surface area contributed by atoms with Crippen molar-refractivity contribution in [1.82, 2.24) is 14.3 Å². The maximum Gasteiger partial charge on any atom is 0.291 e. The van der Waals surface area contributed by atoms with Gasteiger partial charge in [0.05, 0.1) is 11.9 Å². The average molecular weight is 350 g/mol. The number of aryl methyl sites for hydroxylation is 1. The number of para-hydroxylation sites is 2. The van der Waals surface area contributed by atoms with Gasteiger partial charge in [-0.05, 0) is 18.2 Å². The van der Waals surface area contributed by atoms with Crippen LogP contribution in [-0.4, -0.2) is 20.3 Å². The fourth-order valence-electron chi connectivity index (χ4n) is 3.11. The van der Waals surface area contributed by atoms with Crippen LogP contribution >= 0.6 is 0 Å². The first-order valence-electron chi connectivity index (χ1n) is 8.04. The quantitative estimate of drug-likeness (QED) is 0.618. The van der Waals surface area contributed by atoms with E-state index in [0.29, 0.717) is 5.52 Å². The van der Waals surface area contributed by atoms with E-state index in [9.17, 15) is 14.0 Å². The molecular formula is C19H15FN4O2. The summed E-state index contributed by atoms with van der Waals surface area (Å²) in [6, 6.07) is 13.5. The first-order valence-corrected chi connectivity index (χ1v) is 8.04. The first kappa shape index (κ1) is 16.0. The highest BCUT2D eigenvalue weighted by Gasteiger charge is 2.15. The van der Waals surface area contributed by atoms with E-state index >= 15 is 0 Å². The summed E-state index contributed by atoms with van der Waals surface area (Å²) >= 11 is 0. The van der Waals surface area contributed by atoms with Gasteiger partial charge in [0.1, 0.15) is 17.9 Å². The third-order valence-corrected chi connectivity index (χ3v) is 4.35. The average Bonchev–Trinajstić information content (AvgIpc) is 2.93. The minimum atomic E-state index is -0.537. The van der Waals surface area contributed by atoms with E-state index in [1.165, 1.54) is 18.2 Å². The monoisotopic (exact) mass is 350 g/mol. The summed E-state index contributed by atoms with van der Waals surface area (Å²) in [4.78, 5) is 25.0. The molecule has 0 aliphatic rings. The molecule has 1 N–H and O–H groups in total. The molecule has 6 nitrogen and oxygen atoms in total. The number of hydrogen-bond acceptors (Lipinski definition) is 3. The van der Waals surface area contributed by atoms with Crippen LogP contribution in [0.3, 0.4) is 0 Å². The minimum Gasteiger partial charge on any atom is -0.339 e. The molecule has 26 heavy (non-hydrogen) atoms. The van der Waals surface area contributed by atoms with Crippen LogP contribution in [0.15, 0.2) is 59.5 Å². The number of benzene rings is 2. The number of carbonyl (C=O) groups excluding carboxylic acids is 1. The number of hydrogen-bond donors (Lipinski definition) is 1. The van der Waals surface area contributed by atoms with Crippen LogP contribution in [0.4, 0.5) is 10.1 Å². The lowest BCUT2D eigenvalue weighted by molar-refractivity contribution is -0.117. The number of anilines is 1. The molecule has 0 spiro atoms. The van der Waals surface area contributed by atoms with Crippen LogP contribution in [0, 0.1) is 5.82 Å². The van der Waals surface area contributed by atoms with E-state index < -0.39 is 11.7 Å². The molecule has 0 atom stereocenters. The van der Waals surface area contributed by atoms with E-state index in [0.717, 1.165) is 21.0 Å². The molecule has 4 aromatic rings. The van der Waals surface area contributed by atoms with Crippen LogP contribution in [0.1, 0.15) is 0 Å². The van der Waals surface area contributed by atoms with Crippen LogP contribution in [-0.2, 0) is 18.4 Å². The molecule has 0 unspecified atom stereocenters. The summed E-state index contributed by atoms with van der Waals surface area (Å²) in [5.41, 5.74) is 1.08. The lowest BCUT2D eigenvalue weighted by Gasteiger charge is -2.08. The Kier molecular flexibility index (Phi) is 3.76. The molecule has 0 saturated heterocycles. The van der Waals surface area contributed by atoms with Gasteiger partial charge < -0.3 is 9.88 Å². The molecule has 2 heterocycles. The van der Waals surface area contributed by atoms with Crippen LogP contribution in [0.2, 0.25) is 0 Å². The molecule has 1 amide bonds. The van der Waals surface area contributed by atoms with Crippen molar-refractivity contribution in [3.8, 4) is 0 Å².